The number of carbonyl (C=O) groups excluding carboxylic acids is 2. The maximum absolute atomic E-state index is 12.3. The maximum Gasteiger partial charge on any atom is 0.410 e. The van der Waals surface area contributed by atoms with E-state index in [4.69, 9.17) is 22.1 Å². The highest BCUT2D eigenvalue weighted by Gasteiger charge is 2.48. The molecule has 0 spiro atoms. The number of pyridine rings is 1. The number of carbonyl (C=O) groups is 2. The van der Waals surface area contributed by atoms with Crippen LogP contribution in [0.4, 0.5) is 10.6 Å². The van der Waals surface area contributed by atoms with Crippen LogP contribution in [0.2, 0.25) is 5.02 Å². The Morgan fingerprint density at radius 1 is 1.30 bits per heavy atom. The van der Waals surface area contributed by atoms with Gasteiger partial charge < -0.3 is 15.4 Å². The van der Waals surface area contributed by atoms with Crippen molar-refractivity contribution in [2.24, 2.45) is 5.73 Å². The highest BCUT2D eigenvalue weighted by atomic mass is 35.5. The molecule has 2 aromatic rings. The Morgan fingerprint density at radius 2 is 2.15 bits per heavy atom. The molecule has 27 heavy (non-hydrogen) atoms. The van der Waals surface area contributed by atoms with Crippen LogP contribution in [0, 0.1) is 0 Å². The molecule has 2 aliphatic rings. The first-order chi connectivity index (χ1) is 13.0. The van der Waals surface area contributed by atoms with E-state index >= 15 is 0 Å². The topological polar surface area (TPSA) is 88.8 Å². The summed E-state index contributed by atoms with van der Waals surface area (Å²) in [7, 11) is 0. The molecular weight excluding hydrogens is 368 g/mol. The Kier molecular flexibility index (Phi) is 4.61. The molecule has 2 atom stereocenters. The molecule has 2 N–H and O–H groups in total. The molecule has 0 aliphatic carbocycles. The lowest BCUT2D eigenvalue weighted by Gasteiger charge is -2.24. The molecule has 3 heterocycles. The van der Waals surface area contributed by atoms with Crippen molar-refractivity contribution in [1.82, 2.24) is 9.88 Å². The molecule has 0 saturated carbocycles. The van der Waals surface area contributed by atoms with E-state index in [1.165, 1.54) is 0 Å². The molecule has 1 aromatic heterocycles. The molecule has 0 bridgehead atoms. The Morgan fingerprint density at radius 3 is 2.93 bits per heavy atom. The van der Waals surface area contributed by atoms with Crippen molar-refractivity contribution in [3.05, 3.63) is 58.7 Å². The number of halogens is 1. The van der Waals surface area contributed by atoms with Crippen molar-refractivity contribution in [3.8, 4) is 0 Å². The largest absolute Gasteiger partial charge is 0.442 e. The van der Waals surface area contributed by atoms with Gasteiger partial charge in [-0.3, -0.25) is 9.69 Å². The minimum absolute atomic E-state index is 0.0839. The van der Waals surface area contributed by atoms with Gasteiger partial charge in [0.2, 0.25) is 0 Å². The van der Waals surface area contributed by atoms with E-state index < -0.39 is 5.91 Å². The number of ether oxygens (including phenoxy) is 1. The first-order valence-corrected chi connectivity index (χ1v) is 9.12. The summed E-state index contributed by atoms with van der Waals surface area (Å²) in [5.41, 5.74) is 6.89. The van der Waals surface area contributed by atoms with Crippen molar-refractivity contribution in [2.75, 3.05) is 24.5 Å². The Balaban J connectivity index is 1.48. The Labute approximate surface area is 161 Å². The molecular formula is C19H19ClN4O3. The zero-order chi connectivity index (χ0) is 19.0. The number of amides is 2. The fourth-order valence-corrected chi connectivity index (χ4v) is 3.93. The van der Waals surface area contributed by atoms with Gasteiger partial charge in [0.1, 0.15) is 11.9 Å². The van der Waals surface area contributed by atoms with E-state index in [9.17, 15) is 9.59 Å². The maximum atomic E-state index is 12.3. The summed E-state index contributed by atoms with van der Waals surface area (Å²) in [6.07, 6.45) is 1.76. The van der Waals surface area contributed by atoms with Gasteiger partial charge in [0.05, 0.1) is 18.2 Å². The summed E-state index contributed by atoms with van der Waals surface area (Å²) in [5.74, 6) is 0.00945. The van der Waals surface area contributed by atoms with E-state index in [-0.39, 0.29) is 18.2 Å². The van der Waals surface area contributed by atoms with Crippen LogP contribution in [0.3, 0.4) is 0 Å². The van der Waals surface area contributed by atoms with Gasteiger partial charge in [-0.25, -0.2) is 9.78 Å². The number of fused-ring (bicyclic) bond motifs is 1. The van der Waals surface area contributed by atoms with Crippen molar-refractivity contribution < 1.29 is 14.3 Å². The molecule has 8 heteroatoms. The molecule has 140 valence electrons. The summed E-state index contributed by atoms with van der Waals surface area (Å²) in [5, 5.41) is 0.676. The highest BCUT2D eigenvalue weighted by molar-refractivity contribution is 6.30. The number of hydrogen-bond donors (Lipinski definition) is 1. The van der Waals surface area contributed by atoms with Crippen molar-refractivity contribution in [1.29, 1.82) is 0 Å². The van der Waals surface area contributed by atoms with Crippen LogP contribution in [-0.2, 0) is 11.2 Å². The van der Waals surface area contributed by atoms with E-state index in [1.807, 2.05) is 29.2 Å². The van der Waals surface area contributed by atoms with Crippen LogP contribution in [0.25, 0.3) is 0 Å². The van der Waals surface area contributed by atoms with Gasteiger partial charge in [-0.1, -0.05) is 23.7 Å². The lowest BCUT2D eigenvalue weighted by Crippen LogP contribution is -2.39. The monoisotopic (exact) mass is 386 g/mol. The van der Waals surface area contributed by atoms with E-state index in [0.717, 1.165) is 5.56 Å². The first kappa shape index (κ1) is 17.6. The predicted molar refractivity (Wildman–Crippen MR) is 101 cm³/mol. The van der Waals surface area contributed by atoms with Crippen molar-refractivity contribution in [2.45, 2.75) is 18.6 Å². The van der Waals surface area contributed by atoms with Gasteiger partial charge in [0.15, 0.2) is 0 Å². The van der Waals surface area contributed by atoms with Crippen LogP contribution in [0.15, 0.2) is 42.6 Å². The lowest BCUT2D eigenvalue weighted by molar-refractivity contribution is 0.1000. The molecule has 2 fully saturated rings. The molecule has 1 aromatic carbocycles. The number of benzene rings is 1. The summed E-state index contributed by atoms with van der Waals surface area (Å²) < 4.78 is 5.54. The third kappa shape index (κ3) is 3.42. The second-order valence-electron chi connectivity index (χ2n) is 6.71. The van der Waals surface area contributed by atoms with Gasteiger partial charge in [0.25, 0.3) is 5.91 Å². The number of hydrogen-bond acceptors (Lipinski definition) is 5. The third-order valence-corrected chi connectivity index (χ3v) is 5.24. The second kappa shape index (κ2) is 7.08. The average Bonchev–Trinajstić information content (AvgIpc) is 3.17. The summed E-state index contributed by atoms with van der Waals surface area (Å²) in [6, 6.07) is 10.8. The molecule has 7 nitrogen and oxygen atoms in total. The molecule has 2 amide bonds. The predicted octanol–water partition coefficient (Wildman–Crippen LogP) is 2.09. The number of anilines is 1. The quantitative estimate of drug-likeness (QED) is 0.849. The average molecular weight is 387 g/mol. The first-order valence-electron chi connectivity index (χ1n) is 8.74. The standard InChI is InChI=1S/C19H19ClN4O3/c20-13-4-1-3-12(9-13)6-8-24-15-10-23(11-16(15)27-19(24)26)18-14(17(21)25)5-2-7-22-18/h1-5,7,9,15-16H,6,8,10-11H2,(H2,21,25)/t15-,16+/m0/s1. The number of primary amides is 1. The molecule has 2 aliphatic heterocycles. The van der Waals surface area contributed by atoms with Crippen molar-refractivity contribution in [3.63, 3.8) is 0 Å². The smallest absolute Gasteiger partial charge is 0.410 e. The van der Waals surface area contributed by atoms with E-state index in [2.05, 4.69) is 4.98 Å². The SMILES string of the molecule is NC(=O)c1cccnc1N1C[C@H]2OC(=O)N(CCc3cccc(Cl)c3)[C@H]2C1. The zero-order valence-corrected chi connectivity index (χ0v) is 15.3. The number of aromatic nitrogens is 1. The Bertz CT molecular complexity index is 891. The minimum Gasteiger partial charge on any atom is -0.442 e. The lowest BCUT2D eigenvalue weighted by atomic mass is 10.1. The van der Waals surface area contributed by atoms with Gasteiger partial charge in [-0.15, -0.1) is 0 Å². The number of nitrogens with two attached hydrogens (primary N) is 1. The Hall–Kier alpha value is -2.80. The fraction of sp³-hybridized carbons (Fsp3) is 0.316. The zero-order valence-electron chi connectivity index (χ0n) is 14.5. The van der Waals surface area contributed by atoms with Crippen LogP contribution < -0.4 is 10.6 Å². The second-order valence-corrected chi connectivity index (χ2v) is 7.14. The molecule has 0 radical (unpaired) electrons. The summed E-state index contributed by atoms with van der Waals surface area (Å²) >= 11 is 6.03. The summed E-state index contributed by atoms with van der Waals surface area (Å²) in [6.45, 7) is 1.57. The molecule has 0 unspecified atom stereocenters. The van der Waals surface area contributed by atoms with Crippen LogP contribution in [-0.4, -0.2) is 53.7 Å². The highest BCUT2D eigenvalue weighted by Crippen LogP contribution is 2.31. The van der Waals surface area contributed by atoms with Gasteiger partial charge in [-0.2, -0.15) is 0 Å². The normalized spacial score (nSPS) is 21.3. The van der Waals surface area contributed by atoms with E-state index in [0.29, 0.717) is 42.5 Å². The third-order valence-electron chi connectivity index (χ3n) is 5.01. The fourth-order valence-electron chi connectivity index (χ4n) is 3.72. The van der Waals surface area contributed by atoms with Crippen LogP contribution in [0.1, 0.15) is 15.9 Å². The van der Waals surface area contributed by atoms with Crippen LogP contribution in [0.5, 0.6) is 0 Å². The van der Waals surface area contributed by atoms with Crippen molar-refractivity contribution >= 4 is 29.4 Å². The molecule has 2 saturated heterocycles. The minimum atomic E-state index is -0.523. The van der Waals surface area contributed by atoms with Crippen LogP contribution >= 0.6 is 11.6 Å². The summed E-state index contributed by atoms with van der Waals surface area (Å²) in [4.78, 5) is 32.0. The number of nitrogens with zero attached hydrogens (tertiary/aromatic N) is 3. The van der Waals surface area contributed by atoms with Gasteiger partial charge >= 0.3 is 6.09 Å². The van der Waals surface area contributed by atoms with Gasteiger partial charge in [0, 0.05) is 24.3 Å². The molecule has 4 rings (SSSR count). The number of rotatable bonds is 5. The van der Waals surface area contributed by atoms with E-state index in [1.54, 1.807) is 23.2 Å². The van der Waals surface area contributed by atoms with Gasteiger partial charge in [-0.05, 0) is 36.2 Å².